The van der Waals surface area contributed by atoms with Gasteiger partial charge in [0.1, 0.15) is 5.82 Å². The fourth-order valence-corrected chi connectivity index (χ4v) is 3.97. The highest BCUT2D eigenvalue weighted by Gasteiger charge is 2.23. The Hall–Kier alpha value is -2.54. The van der Waals surface area contributed by atoms with Crippen molar-refractivity contribution in [1.29, 1.82) is 0 Å². The lowest BCUT2D eigenvalue weighted by Crippen LogP contribution is -2.48. The SMILES string of the molecule is C#Cc1ccc(N2CCCCN2CCc2ccc(F)cc2Cl)c(C=C)c1C=C. The fraction of sp³-hybridized carbons (Fsp3) is 0.250. The zero-order valence-corrected chi connectivity index (χ0v) is 16.7. The lowest BCUT2D eigenvalue weighted by atomic mass is 9.98. The molecule has 0 N–H and O–H groups in total. The Balaban J connectivity index is 1.88. The minimum Gasteiger partial charge on any atom is -0.305 e. The first-order chi connectivity index (χ1) is 13.6. The van der Waals surface area contributed by atoms with Crippen molar-refractivity contribution in [2.75, 3.05) is 24.6 Å². The van der Waals surface area contributed by atoms with Crippen LogP contribution in [0.3, 0.4) is 0 Å². The van der Waals surface area contributed by atoms with Crippen LogP contribution in [0, 0.1) is 18.2 Å². The maximum Gasteiger partial charge on any atom is 0.124 e. The predicted octanol–water partition coefficient (Wildman–Crippen LogP) is 5.81. The van der Waals surface area contributed by atoms with Gasteiger partial charge < -0.3 is 5.01 Å². The molecule has 0 atom stereocenters. The molecule has 4 heteroatoms. The average molecular weight is 395 g/mol. The van der Waals surface area contributed by atoms with Crippen molar-refractivity contribution in [3.63, 3.8) is 0 Å². The number of hydrogen-bond donors (Lipinski definition) is 0. The van der Waals surface area contributed by atoms with E-state index in [1.54, 1.807) is 12.1 Å². The number of anilines is 1. The molecule has 2 nitrogen and oxygen atoms in total. The van der Waals surface area contributed by atoms with E-state index in [1.165, 1.54) is 12.1 Å². The van der Waals surface area contributed by atoms with Gasteiger partial charge in [0.05, 0.1) is 5.69 Å². The maximum atomic E-state index is 13.3. The van der Waals surface area contributed by atoms with Gasteiger partial charge in [-0.15, -0.1) is 6.42 Å². The smallest absolute Gasteiger partial charge is 0.124 e. The molecule has 3 rings (SSSR count). The van der Waals surface area contributed by atoms with Crippen LogP contribution < -0.4 is 5.01 Å². The fourth-order valence-electron chi connectivity index (χ4n) is 3.71. The Kier molecular flexibility index (Phi) is 6.57. The van der Waals surface area contributed by atoms with Crippen molar-refractivity contribution in [2.24, 2.45) is 0 Å². The van der Waals surface area contributed by atoms with Crippen LogP contribution in [-0.2, 0) is 6.42 Å². The van der Waals surface area contributed by atoms with Crippen molar-refractivity contribution >= 4 is 29.4 Å². The molecule has 1 heterocycles. The van der Waals surface area contributed by atoms with Gasteiger partial charge in [0.2, 0.25) is 0 Å². The van der Waals surface area contributed by atoms with E-state index < -0.39 is 0 Å². The predicted molar refractivity (Wildman–Crippen MR) is 118 cm³/mol. The van der Waals surface area contributed by atoms with Crippen molar-refractivity contribution in [1.82, 2.24) is 5.01 Å². The van der Waals surface area contributed by atoms with E-state index in [1.807, 2.05) is 12.1 Å². The first-order valence-electron chi connectivity index (χ1n) is 9.44. The van der Waals surface area contributed by atoms with E-state index in [2.05, 4.69) is 35.2 Å². The third-order valence-corrected chi connectivity index (χ3v) is 5.49. The van der Waals surface area contributed by atoms with E-state index in [4.69, 9.17) is 18.0 Å². The van der Waals surface area contributed by atoms with Gasteiger partial charge in [-0.3, -0.25) is 0 Å². The number of benzene rings is 2. The van der Waals surface area contributed by atoms with Crippen LogP contribution in [-0.4, -0.2) is 24.6 Å². The Labute approximate surface area is 171 Å². The lowest BCUT2D eigenvalue weighted by Gasteiger charge is -2.41. The zero-order chi connectivity index (χ0) is 20.1. The maximum absolute atomic E-state index is 13.3. The molecule has 0 amide bonds. The minimum absolute atomic E-state index is 0.311. The van der Waals surface area contributed by atoms with Crippen LogP contribution in [0.1, 0.15) is 35.1 Å². The molecule has 0 saturated carbocycles. The number of nitrogens with zero attached hydrogens (tertiary/aromatic N) is 2. The Morgan fingerprint density at radius 1 is 1.11 bits per heavy atom. The van der Waals surface area contributed by atoms with Gasteiger partial charge in [-0.25, -0.2) is 9.40 Å². The molecule has 1 saturated heterocycles. The molecule has 0 aromatic heterocycles. The van der Waals surface area contributed by atoms with E-state index in [9.17, 15) is 4.39 Å². The highest BCUT2D eigenvalue weighted by atomic mass is 35.5. The molecule has 0 spiro atoms. The number of terminal acetylenes is 1. The molecule has 2 aromatic carbocycles. The molecule has 0 aliphatic carbocycles. The first-order valence-corrected chi connectivity index (χ1v) is 9.81. The third-order valence-electron chi connectivity index (χ3n) is 5.14. The van der Waals surface area contributed by atoms with Gasteiger partial charge in [-0.05, 0) is 54.7 Å². The molecule has 1 aliphatic rings. The molecule has 0 bridgehead atoms. The summed E-state index contributed by atoms with van der Waals surface area (Å²) >= 11 is 6.21. The highest BCUT2D eigenvalue weighted by molar-refractivity contribution is 6.31. The summed E-state index contributed by atoms with van der Waals surface area (Å²) in [5, 5.41) is 5.10. The van der Waals surface area contributed by atoms with Crippen molar-refractivity contribution < 1.29 is 4.39 Å². The van der Waals surface area contributed by atoms with Gasteiger partial charge in [0.15, 0.2) is 0 Å². The Bertz CT molecular complexity index is 929. The van der Waals surface area contributed by atoms with E-state index in [0.29, 0.717) is 5.02 Å². The number of hydrogen-bond acceptors (Lipinski definition) is 2. The molecular weight excluding hydrogens is 371 g/mol. The highest BCUT2D eigenvalue weighted by Crippen LogP contribution is 2.32. The first kappa shape index (κ1) is 20.2. The van der Waals surface area contributed by atoms with Crippen LogP contribution in [0.5, 0.6) is 0 Å². The van der Waals surface area contributed by atoms with Gasteiger partial charge in [-0.1, -0.05) is 48.9 Å². The average Bonchev–Trinajstić information content (AvgIpc) is 2.72. The molecule has 0 unspecified atom stereocenters. The van der Waals surface area contributed by atoms with Gasteiger partial charge >= 0.3 is 0 Å². The van der Waals surface area contributed by atoms with Crippen LogP contribution in [0.4, 0.5) is 10.1 Å². The molecular formula is C24H24ClFN2. The largest absolute Gasteiger partial charge is 0.305 e. The van der Waals surface area contributed by atoms with E-state index in [0.717, 1.165) is 66.8 Å². The van der Waals surface area contributed by atoms with E-state index >= 15 is 0 Å². The van der Waals surface area contributed by atoms with Gasteiger partial charge in [0, 0.05) is 35.8 Å². The molecule has 144 valence electrons. The standard InChI is InChI=1S/C24H24ClFN2/c1-4-18-10-12-24(22(6-3)21(18)5-2)28-15-8-7-14-27(28)16-13-19-9-11-20(26)17-23(19)25/h1,5-6,9-12,17H,2-3,7-8,13-16H2. The van der Waals surface area contributed by atoms with Crippen LogP contribution in [0.25, 0.3) is 12.2 Å². The van der Waals surface area contributed by atoms with Crippen LogP contribution in [0.2, 0.25) is 5.02 Å². The van der Waals surface area contributed by atoms with Gasteiger partial charge in [0.25, 0.3) is 0 Å². The second-order valence-electron chi connectivity index (χ2n) is 6.78. The van der Waals surface area contributed by atoms with Gasteiger partial charge in [-0.2, -0.15) is 0 Å². The summed E-state index contributed by atoms with van der Waals surface area (Å²) in [6.07, 6.45) is 12.3. The summed E-state index contributed by atoms with van der Waals surface area (Å²) in [6.45, 7) is 10.6. The lowest BCUT2D eigenvalue weighted by molar-refractivity contribution is 0.215. The number of hydrazine groups is 1. The molecule has 0 radical (unpaired) electrons. The zero-order valence-electron chi connectivity index (χ0n) is 15.9. The van der Waals surface area contributed by atoms with Crippen LogP contribution in [0.15, 0.2) is 43.5 Å². The number of rotatable bonds is 6. The number of halogens is 2. The molecule has 2 aromatic rings. The monoisotopic (exact) mass is 394 g/mol. The summed E-state index contributed by atoms with van der Waals surface area (Å²) in [4.78, 5) is 0. The Morgan fingerprint density at radius 3 is 2.54 bits per heavy atom. The summed E-state index contributed by atoms with van der Waals surface area (Å²) in [7, 11) is 0. The van der Waals surface area contributed by atoms with E-state index in [-0.39, 0.29) is 5.82 Å². The summed E-state index contributed by atoms with van der Waals surface area (Å²) in [5.41, 5.74) is 4.77. The summed E-state index contributed by atoms with van der Waals surface area (Å²) in [5.74, 6) is 2.41. The minimum atomic E-state index is -0.311. The van der Waals surface area contributed by atoms with Crippen LogP contribution >= 0.6 is 11.6 Å². The van der Waals surface area contributed by atoms with Crippen molar-refractivity contribution in [3.05, 3.63) is 76.6 Å². The molecule has 1 fully saturated rings. The Morgan fingerprint density at radius 2 is 1.86 bits per heavy atom. The topological polar surface area (TPSA) is 6.48 Å². The van der Waals surface area contributed by atoms with Crippen molar-refractivity contribution in [3.8, 4) is 12.3 Å². The quantitative estimate of drug-likeness (QED) is 0.571. The normalized spacial score (nSPS) is 14.5. The summed E-state index contributed by atoms with van der Waals surface area (Å²) < 4.78 is 13.3. The second-order valence-corrected chi connectivity index (χ2v) is 7.19. The summed E-state index contributed by atoms with van der Waals surface area (Å²) in [6, 6.07) is 8.61. The molecule has 1 aliphatic heterocycles. The molecule has 28 heavy (non-hydrogen) atoms. The van der Waals surface area contributed by atoms with Crippen molar-refractivity contribution in [2.45, 2.75) is 19.3 Å². The third kappa shape index (κ3) is 4.14. The second kappa shape index (κ2) is 9.10.